The number of hydrogen-bond acceptors (Lipinski definition) is 3. The van der Waals surface area contributed by atoms with E-state index < -0.39 is 17.5 Å². The summed E-state index contributed by atoms with van der Waals surface area (Å²) in [5, 5.41) is 8.96. The molecule has 1 N–H and O–H groups in total. The maximum atomic E-state index is 12.6. The largest absolute Gasteiger partial charge is 0.505 e. The number of benzene rings is 1. The molecule has 0 saturated carbocycles. The average molecular weight is 194 g/mol. The number of phenols is 1. The second kappa shape index (κ2) is 4.28. The van der Waals surface area contributed by atoms with Crippen molar-refractivity contribution in [2.45, 2.75) is 0 Å². The van der Waals surface area contributed by atoms with Gasteiger partial charge in [-0.2, -0.15) is 0 Å². The molecule has 0 saturated heterocycles. The van der Waals surface area contributed by atoms with Gasteiger partial charge < -0.3 is 9.84 Å². The summed E-state index contributed by atoms with van der Waals surface area (Å²) in [7, 11) is 1.21. The highest BCUT2D eigenvalue weighted by atomic mass is 19.1. The van der Waals surface area contributed by atoms with Gasteiger partial charge in [0.15, 0.2) is 11.6 Å². The molecule has 0 bridgehead atoms. The monoisotopic (exact) mass is 194 g/mol. The van der Waals surface area contributed by atoms with E-state index in [4.69, 9.17) is 5.11 Å². The van der Waals surface area contributed by atoms with Crippen LogP contribution < -0.4 is 0 Å². The highest BCUT2D eigenvalue weighted by Crippen LogP contribution is 2.15. The van der Waals surface area contributed by atoms with Crippen molar-refractivity contribution in [3.05, 3.63) is 29.6 Å². The maximum absolute atomic E-state index is 12.6. The number of hydrogen-bond donors (Lipinski definition) is 1. The van der Waals surface area contributed by atoms with Crippen LogP contribution in [-0.2, 0) is 9.53 Å². The number of halogens is 1. The number of carbonyl (C=O) groups is 1. The number of carbonyl (C=O) groups excluding carboxylic acids is 1. The number of aromatic hydroxyl groups is 1. The summed E-state index contributed by atoms with van der Waals surface area (Å²) in [5.74, 6) is 2.65. The van der Waals surface area contributed by atoms with Crippen LogP contribution in [0.2, 0.25) is 0 Å². The molecule has 0 unspecified atom stereocenters. The van der Waals surface area contributed by atoms with Gasteiger partial charge in [0.2, 0.25) is 0 Å². The molecule has 1 aromatic carbocycles. The topological polar surface area (TPSA) is 46.5 Å². The van der Waals surface area contributed by atoms with E-state index in [1.807, 2.05) is 0 Å². The minimum Gasteiger partial charge on any atom is -0.505 e. The summed E-state index contributed by atoms with van der Waals surface area (Å²) >= 11 is 0. The molecule has 4 heteroatoms. The second-order valence-corrected chi connectivity index (χ2v) is 2.41. The van der Waals surface area contributed by atoms with Gasteiger partial charge in [-0.3, -0.25) is 0 Å². The lowest BCUT2D eigenvalue weighted by Crippen LogP contribution is -1.94. The first-order chi connectivity index (χ1) is 6.63. The van der Waals surface area contributed by atoms with Crippen molar-refractivity contribution < 1.29 is 19.0 Å². The van der Waals surface area contributed by atoms with E-state index >= 15 is 0 Å². The van der Waals surface area contributed by atoms with Crippen LogP contribution in [0.25, 0.3) is 0 Å². The third-order valence-corrected chi connectivity index (χ3v) is 1.44. The van der Waals surface area contributed by atoms with Crippen LogP contribution in [-0.4, -0.2) is 18.2 Å². The van der Waals surface area contributed by atoms with Crippen LogP contribution in [0, 0.1) is 17.7 Å². The molecule has 3 nitrogen and oxygen atoms in total. The van der Waals surface area contributed by atoms with E-state index in [0.29, 0.717) is 5.56 Å². The quantitative estimate of drug-likeness (QED) is 0.496. The molecule has 0 aliphatic heterocycles. The van der Waals surface area contributed by atoms with Crippen LogP contribution >= 0.6 is 0 Å². The number of phenolic OH excluding ortho intramolecular Hbond substituents is 1. The zero-order valence-corrected chi connectivity index (χ0v) is 7.37. The molecule has 0 spiro atoms. The lowest BCUT2D eigenvalue weighted by Gasteiger charge is -1.94. The van der Waals surface area contributed by atoms with Crippen LogP contribution in [0.4, 0.5) is 4.39 Å². The molecular weight excluding hydrogens is 187 g/mol. The van der Waals surface area contributed by atoms with Crippen LogP contribution in [0.3, 0.4) is 0 Å². The molecule has 0 fully saturated rings. The molecule has 0 amide bonds. The summed E-state index contributed by atoms with van der Waals surface area (Å²) in [6, 6.07) is 3.55. The Morgan fingerprint density at radius 1 is 1.57 bits per heavy atom. The molecular formula is C10H7FO3. The van der Waals surface area contributed by atoms with E-state index in [1.165, 1.54) is 13.2 Å². The lowest BCUT2D eigenvalue weighted by molar-refractivity contribution is -0.133. The molecule has 1 aromatic rings. The molecule has 0 radical (unpaired) electrons. The maximum Gasteiger partial charge on any atom is 0.384 e. The number of ether oxygens (including phenoxy) is 1. The van der Waals surface area contributed by atoms with Gasteiger partial charge in [0.1, 0.15) is 0 Å². The first-order valence-corrected chi connectivity index (χ1v) is 3.72. The van der Waals surface area contributed by atoms with Crippen molar-refractivity contribution in [3.63, 3.8) is 0 Å². The summed E-state index contributed by atoms with van der Waals surface area (Å²) in [5.41, 5.74) is 0.342. The average Bonchev–Trinajstić information content (AvgIpc) is 2.19. The first kappa shape index (κ1) is 10.1. The van der Waals surface area contributed by atoms with Gasteiger partial charge in [-0.1, -0.05) is 5.92 Å². The van der Waals surface area contributed by atoms with Crippen molar-refractivity contribution in [1.29, 1.82) is 0 Å². The van der Waals surface area contributed by atoms with Gasteiger partial charge in [-0.15, -0.1) is 0 Å². The summed E-state index contributed by atoms with van der Waals surface area (Å²) in [6.07, 6.45) is 0. The van der Waals surface area contributed by atoms with Crippen molar-refractivity contribution in [2.75, 3.05) is 7.11 Å². The molecule has 0 aliphatic carbocycles. The van der Waals surface area contributed by atoms with Gasteiger partial charge in [0.05, 0.1) is 7.11 Å². The van der Waals surface area contributed by atoms with E-state index in [9.17, 15) is 9.18 Å². The number of methoxy groups -OCH3 is 1. The summed E-state index contributed by atoms with van der Waals surface area (Å²) in [6.45, 7) is 0. The van der Waals surface area contributed by atoms with Gasteiger partial charge in [0, 0.05) is 11.5 Å². The standard InChI is InChI=1S/C10H7FO3/c1-14-10(13)5-3-7-2-4-8(11)9(12)6-7/h2,4,6,12H,1H3. The third kappa shape index (κ3) is 2.49. The molecule has 0 atom stereocenters. The Labute approximate surface area is 80.1 Å². The molecule has 72 valence electrons. The molecule has 14 heavy (non-hydrogen) atoms. The Hall–Kier alpha value is -2.02. The summed E-state index contributed by atoms with van der Waals surface area (Å²) in [4.78, 5) is 10.6. The second-order valence-electron chi connectivity index (χ2n) is 2.41. The molecule has 1 rings (SSSR count). The molecule has 0 aromatic heterocycles. The van der Waals surface area contributed by atoms with E-state index in [0.717, 1.165) is 12.1 Å². The fraction of sp³-hybridized carbons (Fsp3) is 0.100. The lowest BCUT2D eigenvalue weighted by atomic mass is 10.2. The Balaban J connectivity index is 2.91. The molecule has 0 aliphatic rings. The third-order valence-electron chi connectivity index (χ3n) is 1.44. The minimum atomic E-state index is -0.728. The first-order valence-electron chi connectivity index (χ1n) is 3.72. The van der Waals surface area contributed by atoms with Crippen molar-refractivity contribution >= 4 is 5.97 Å². The van der Waals surface area contributed by atoms with Crippen molar-refractivity contribution in [2.24, 2.45) is 0 Å². The van der Waals surface area contributed by atoms with Gasteiger partial charge in [0.25, 0.3) is 0 Å². The number of rotatable bonds is 0. The normalized spacial score (nSPS) is 8.71. The Bertz CT molecular complexity index is 415. The van der Waals surface area contributed by atoms with E-state index in [2.05, 4.69) is 16.6 Å². The molecule has 0 heterocycles. The fourth-order valence-corrected chi connectivity index (χ4v) is 0.765. The Morgan fingerprint density at radius 3 is 2.86 bits per heavy atom. The van der Waals surface area contributed by atoms with Crippen molar-refractivity contribution in [3.8, 4) is 17.6 Å². The zero-order valence-electron chi connectivity index (χ0n) is 7.37. The van der Waals surface area contributed by atoms with E-state index in [1.54, 1.807) is 0 Å². The smallest absolute Gasteiger partial charge is 0.384 e. The van der Waals surface area contributed by atoms with Crippen LogP contribution in [0.5, 0.6) is 5.75 Å². The Kier molecular flexibility index (Phi) is 3.08. The number of esters is 1. The predicted molar refractivity (Wildman–Crippen MR) is 47.0 cm³/mol. The van der Waals surface area contributed by atoms with E-state index in [-0.39, 0.29) is 0 Å². The van der Waals surface area contributed by atoms with Gasteiger partial charge in [-0.05, 0) is 18.2 Å². The minimum absolute atomic E-state index is 0.342. The SMILES string of the molecule is COC(=O)C#Cc1ccc(F)c(O)c1. The predicted octanol–water partition coefficient (Wildman–Crippen LogP) is 1.06. The fourth-order valence-electron chi connectivity index (χ4n) is 0.765. The summed E-state index contributed by atoms with van der Waals surface area (Å²) < 4.78 is 16.9. The highest BCUT2D eigenvalue weighted by Gasteiger charge is 1.99. The van der Waals surface area contributed by atoms with Crippen LogP contribution in [0.15, 0.2) is 18.2 Å². The van der Waals surface area contributed by atoms with Gasteiger partial charge >= 0.3 is 5.97 Å². The van der Waals surface area contributed by atoms with Gasteiger partial charge in [-0.25, -0.2) is 9.18 Å². The van der Waals surface area contributed by atoms with Crippen LogP contribution in [0.1, 0.15) is 5.56 Å². The Morgan fingerprint density at radius 2 is 2.29 bits per heavy atom. The van der Waals surface area contributed by atoms with Crippen molar-refractivity contribution in [1.82, 2.24) is 0 Å². The highest BCUT2D eigenvalue weighted by molar-refractivity contribution is 5.89. The zero-order chi connectivity index (χ0) is 10.6.